The number of hydrogen-bond acceptors (Lipinski definition) is 3. The van der Waals surface area contributed by atoms with E-state index in [1.54, 1.807) is 17.8 Å². The van der Waals surface area contributed by atoms with Gasteiger partial charge in [-0.3, -0.25) is 4.79 Å². The van der Waals surface area contributed by atoms with Crippen LogP contribution in [0.15, 0.2) is 48.5 Å². The van der Waals surface area contributed by atoms with Gasteiger partial charge in [0.05, 0.1) is 0 Å². The maximum absolute atomic E-state index is 14.0. The lowest BCUT2D eigenvalue weighted by Gasteiger charge is -2.21. The summed E-state index contributed by atoms with van der Waals surface area (Å²) in [5.41, 5.74) is 2.47. The average molecular weight is 358 g/mol. The highest BCUT2D eigenvalue weighted by Gasteiger charge is 2.24. The van der Waals surface area contributed by atoms with Crippen molar-refractivity contribution in [2.45, 2.75) is 11.7 Å². The van der Waals surface area contributed by atoms with Gasteiger partial charge in [0.1, 0.15) is 5.82 Å². The van der Waals surface area contributed by atoms with Crippen LogP contribution in [0.25, 0.3) is 0 Å². The highest BCUT2D eigenvalue weighted by Crippen LogP contribution is 2.35. The Morgan fingerprint density at radius 3 is 2.72 bits per heavy atom. The van der Waals surface area contributed by atoms with Crippen molar-refractivity contribution in [1.29, 1.82) is 0 Å². The van der Waals surface area contributed by atoms with Gasteiger partial charge in [-0.25, -0.2) is 4.39 Å². The van der Waals surface area contributed by atoms with E-state index in [4.69, 9.17) is 0 Å². The van der Waals surface area contributed by atoms with Crippen LogP contribution < -0.4 is 4.90 Å². The zero-order valence-corrected chi connectivity index (χ0v) is 15.4. The van der Waals surface area contributed by atoms with Gasteiger partial charge in [0.15, 0.2) is 0 Å². The van der Waals surface area contributed by atoms with Crippen LogP contribution in [0.2, 0.25) is 0 Å². The van der Waals surface area contributed by atoms with Crippen LogP contribution >= 0.6 is 11.8 Å². The number of rotatable bonds is 3. The normalized spacial score (nSPS) is 17.9. The Morgan fingerprint density at radius 2 is 1.96 bits per heavy atom. The van der Waals surface area contributed by atoms with E-state index < -0.39 is 0 Å². The maximum atomic E-state index is 14.0. The molecule has 0 bridgehead atoms. The minimum absolute atomic E-state index is 0.0542. The lowest BCUT2D eigenvalue weighted by molar-refractivity contribution is 0.0766. The zero-order valence-electron chi connectivity index (χ0n) is 14.6. The summed E-state index contributed by atoms with van der Waals surface area (Å²) in [6, 6.07) is 14.6. The van der Waals surface area contributed by atoms with Crippen molar-refractivity contribution in [2.75, 3.05) is 37.8 Å². The molecule has 3 rings (SSSR count). The second-order valence-corrected chi connectivity index (χ2v) is 7.72. The second-order valence-electron chi connectivity index (χ2n) is 6.41. The van der Waals surface area contributed by atoms with Crippen LogP contribution in [-0.2, 0) is 0 Å². The summed E-state index contributed by atoms with van der Waals surface area (Å²) in [4.78, 5) is 16.7. The molecule has 0 spiro atoms. The molecule has 1 atom stereocenters. The first-order valence-electron chi connectivity index (χ1n) is 8.49. The molecular formula is C20H23FN2OS. The molecule has 0 aliphatic carbocycles. The van der Waals surface area contributed by atoms with E-state index in [0.29, 0.717) is 18.7 Å². The molecule has 0 radical (unpaired) electrons. The first-order valence-corrected chi connectivity index (χ1v) is 9.54. The summed E-state index contributed by atoms with van der Waals surface area (Å²) in [6.45, 7) is 1.34. The van der Waals surface area contributed by atoms with Gasteiger partial charge < -0.3 is 9.80 Å². The first-order chi connectivity index (χ1) is 12.1. The molecule has 2 aromatic carbocycles. The Morgan fingerprint density at radius 1 is 1.16 bits per heavy atom. The lowest BCUT2D eigenvalue weighted by atomic mass is 10.1. The van der Waals surface area contributed by atoms with Crippen LogP contribution in [-0.4, -0.2) is 43.7 Å². The number of nitrogens with zero attached hydrogens (tertiary/aromatic N) is 2. The van der Waals surface area contributed by atoms with Crippen LogP contribution in [0, 0.1) is 5.82 Å². The molecule has 1 aliphatic rings. The number of carbonyl (C=O) groups is 1. The summed E-state index contributed by atoms with van der Waals surface area (Å²) in [7, 11) is 3.93. The van der Waals surface area contributed by atoms with Crippen LogP contribution in [0.4, 0.5) is 10.1 Å². The number of carbonyl (C=O) groups excluding carboxylic acids is 1. The average Bonchev–Trinajstić information content (AvgIpc) is 2.87. The van der Waals surface area contributed by atoms with E-state index in [1.807, 2.05) is 60.3 Å². The van der Waals surface area contributed by atoms with Gasteiger partial charge in [-0.05, 0) is 30.7 Å². The predicted octanol–water partition coefficient (Wildman–Crippen LogP) is 4.21. The standard InChI is InChI=1S/C20H23FN2OS/c1-22(2)16-7-5-6-15(14-16)20(24)23-11-10-19(25-13-12-23)17-8-3-4-9-18(17)21/h3-9,14,19H,10-13H2,1-2H3. The highest BCUT2D eigenvalue weighted by molar-refractivity contribution is 7.99. The maximum Gasteiger partial charge on any atom is 0.253 e. The Bertz CT molecular complexity index is 750. The quantitative estimate of drug-likeness (QED) is 0.821. The van der Waals surface area contributed by atoms with Gasteiger partial charge in [0, 0.05) is 55.0 Å². The lowest BCUT2D eigenvalue weighted by Crippen LogP contribution is -2.33. The Balaban J connectivity index is 1.72. The molecule has 0 saturated carbocycles. The van der Waals surface area contributed by atoms with Crippen molar-refractivity contribution in [1.82, 2.24) is 4.90 Å². The minimum atomic E-state index is -0.154. The summed E-state index contributed by atoms with van der Waals surface area (Å²) in [6.07, 6.45) is 0.769. The molecule has 1 aliphatic heterocycles. The summed E-state index contributed by atoms with van der Waals surface area (Å²) < 4.78 is 14.0. The molecule has 2 aromatic rings. The van der Waals surface area contributed by atoms with Gasteiger partial charge in [0.2, 0.25) is 0 Å². The second kappa shape index (κ2) is 7.91. The van der Waals surface area contributed by atoms with E-state index in [9.17, 15) is 9.18 Å². The largest absolute Gasteiger partial charge is 0.378 e. The molecule has 25 heavy (non-hydrogen) atoms. The van der Waals surface area contributed by atoms with Crippen molar-refractivity contribution in [2.24, 2.45) is 0 Å². The van der Waals surface area contributed by atoms with Gasteiger partial charge in [-0.1, -0.05) is 24.3 Å². The Kier molecular flexibility index (Phi) is 5.63. The number of halogens is 1. The van der Waals surface area contributed by atoms with E-state index in [-0.39, 0.29) is 17.0 Å². The van der Waals surface area contributed by atoms with Crippen molar-refractivity contribution in [3.8, 4) is 0 Å². The molecule has 1 heterocycles. The molecule has 1 amide bonds. The number of thioether (sulfide) groups is 1. The molecule has 1 saturated heterocycles. The monoisotopic (exact) mass is 358 g/mol. The van der Waals surface area contributed by atoms with E-state index in [1.165, 1.54) is 6.07 Å². The molecular weight excluding hydrogens is 335 g/mol. The van der Waals surface area contributed by atoms with E-state index in [0.717, 1.165) is 23.4 Å². The predicted molar refractivity (Wildman–Crippen MR) is 103 cm³/mol. The molecule has 0 aromatic heterocycles. The number of amides is 1. The Labute approximate surface area is 152 Å². The minimum Gasteiger partial charge on any atom is -0.378 e. The number of benzene rings is 2. The van der Waals surface area contributed by atoms with Crippen molar-refractivity contribution < 1.29 is 9.18 Å². The molecule has 1 fully saturated rings. The zero-order chi connectivity index (χ0) is 17.8. The SMILES string of the molecule is CN(C)c1cccc(C(=O)N2CCSC(c3ccccc3F)CC2)c1. The van der Waals surface area contributed by atoms with E-state index in [2.05, 4.69) is 0 Å². The van der Waals surface area contributed by atoms with Gasteiger partial charge in [-0.2, -0.15) is 11.8 Å². The number of anilines is 1. The third-order valence-electron chi connectivity index (χ3n) is 4.49. The molecule has 3 nitrogen and oxygen atoms in total. The summed E-state index contributed by atoms with van der Waals surface area (Å²) in [5, 5.41) is 0.104. The highest BCUT2D eigenvalue weighted by atomic mass is 32.2. The third kappa shape index (κ3) is 4.15. The van der Waals surface area contributed by atoms with Crippen LogP contribution in [0.3, 0.4) is 0 Å². The van der Waals surface area contributed by atoms with Crippen molar-refractivity contribution in [3.05, 3.63) is 65.5 Å². The van der Waals surface area contributed by atoms with Gasteiger partial charge >= 0.3 is 0 Å². The molecule has 0 N–H and O–H groups in total. The van der Waals surface area contributed by atoms with Crippen LogP contribution in [0.5, 0.6) is 0 Å². The Hall–Kier alpha value is -2.01. The summed E-state index contributed by atoms with van der Waals surface area (Å²) >= 11 is 1.73. The third-order valence-corrected chi connectivity index (χ3v) is 5.80. The topological polar surface area (TPSA) is 23.6 Å². The number of hydrogen-bond donors (Lipinski definition) is 0. The van der Waals surface area contributed by atoms with Crippen molar-refractivity contribution in [3.63, 3.8) is 0 Å². The fraction of sp³-hybridized carbons (Fsp3) is 0.350. The summed E-state index contributed by atoms with van der Waals surface area (Å²) in [5.74, 6) is 0.718. The van der Waals surface area contributed by atoms with Gasteiger partial charge in [-0.15, -0.1) is 0 Å². The first kappa shape index (κ1) is 17.8. The fourth-order valence-electron chi connectivity index (χ4n) is 3.06. The molecule has 1 unspecified atom stereocenters. The molecule has 5 heteroatoms. The van der Waals surface area contributed by atoms with E-state index >= 15 is 0 Å². The molecule has 132 valence electrons. The smallest absolute Gasteiger partial charge is 0.253 e. The van der Waals surface area contributed by atoms with Crippen LogP contribution in [0.1, 0.15) is 27.6 Å². The van der Waals surface area contributed by atoms with Crippen molar-refractivity contribution >= 4 is 23.4 Å². The fourth-order valence-corrected chi connectivity index (χ4v) is 4.31. The van der Waals surface area contributed by atoms with Gasteiger partial charge in [0.25, 0.3) is 5.91 Å².